The van der Waals surface area contributed by atoms with Crippen LogP contribution in [-0.2, 0) is 22.0 Å². The molecule has 0 atom stereocenters. The Morgan fingerprint density at radius 1 is 1.16 bits per heavy atom. The lowest BCUT2D eigenvalue weighted by Gasteiger charge is -2.08. The standard InChI is InChI=1S/C14H17NO2S2/c1-3-11-7-8-12(18-11)9-19(16,17)14-6-4-5-13(15)10(14)2/h4-8H,3,9,15H2,1-2H3. The molecule has 0 aliphatic heterocycles. The lowest BCUT2D eigenvalue weighted by Crippen LogP contribution is -2.07. The molecule has 1 aromatic heterocycles. The van der Waals surface area contributed by atoms with Gasteiger partial charge in [0.05, 0.1) is 10.6 Å². The number of aryl methyl sites for hydroxylation is 1. The van der Waals surface area contributed by atoms with Gasteiger partial charge in [0.25, 0.3) is 0 Å². The Kier molecular flexibility index (Phi) is 3.96. The van der Waals surface area contributed by atoms with E-state index in [0.717, 1.165) is 11.3 Å². The second-order valence-electron chi connectivity index (χ2n) is 4.45. The highest BCUT2D eigenvalue weighted by molar-refractivity contribution is 7.90. The third-order valence-corrected chi connectivity index (χ3v) is 6.27. The van der Waals surface area contributed by atoms with Crippen LogP contribution in [0.2, 0.25) is 0 Å². The maximum absolute atomic E-state index is 12.4. The fourth-order valence-electron chi connectivity index (χ4n) is 1.92. The van der Waals surface area contributed by atoms with Crippen LogP contribution >= 0.6 is 11.3 Å². The number of rotatable bonds is 4. The van der Waals surface area contributed by atoms with E-state index in [4.69, 9.17) is 5.73 Å². The van der Waals surface area contributed by atoms with E-state index in [1.807, 2.05) is 12.1 Å². The number of thiophene rings is 1. The van der Waals surface area contributed by atoms with Gasteiger partial charge in [0, 0.05) is 15.4 Å². The summed E-state index contributed by atoms with van der Waals surface area (Å²) in [6.07, 6.45) is 0.933. The molecule has 0 amide bonds. The molecule has 0 unspecified atom stereocenters. The zero-order valence-electron chi connectivity index (χ0n) is 11.0. The summed E-state index contributed by atoms with van der Waals surface area (Å²) < 4.78 is 24.8. The molecule has 0 saturated carbocycles. The molecule has 0 spiro atoms. The van der Waals surface area contributed by atoms with Crippen LogP contribution in [0.3, 0.4) is 0 Å². The van der Waals surface area contributed by atoms with E-state index in [9.17, 15) is 8.42 Å². The molecule has 2 aromatic rings. The van der Waals surface area contributed by atoms with Gasteiger partial charge in [-0.15, -0.1) is 11.3 Å². The summed E-state index contributed by atoms with van der Waals surface area (Å²) in [5, 5.41) is 0. The topological polar surface area (TPSA) is 60.2 Å². The molecule has 1 aromatic carbocycles. The van der Waals surface area contributed by atoms with E-state index >= 15 is 0 Å². The summed E-state index contributed by atoms with van der Waals surface area (Å²) >= 11 is 1.55. The largest absolute Gasteiger partial charge is 0.398 e. The van der Waals surface area contributed by atoms with Gasteiger partial charge in [-0.05, 0) is 43.2 Å². The molecule has 2 rings (SSSR count). The summed E-state index contributed by atoms with van der Waals surface area (Å²) in [6.45, 7) is 3.81. The lowest BCUT2D eigenvalue weighted by molar-refractivity contribution is 0.595. The van der Waals surface area contributed by atoms with Crippen LogP contribution in [0.5, 0.6) is 0 Å². The third-order valence-electron chi connectivity index (χ3n) is 3.06. The average molecular weight is 295 g/mol. The summed E-state index contributed by atoms with van der Waals surface area (Å²) in [5.74, 6) is 0.0436. The quantitative estimate of drug-likeness (QED) is 0.881. The van der Waals surface area contributed by atoms with Crippen molar-refractivity contribution >= 4 is 26.9 Å². The second-order valence-corrected chi connectivity index (χ2v) is 7.66. The number of hydrogen-bond donors (Lipinski definition) is 1. The first kappa shape index (κ1) is 14.1. The van der Waals surface area contributed by atoms with Gasteiger partial charge >= 0.3 is 0 Å². The van der Waals surface area contributed by atoms with Crippen LogP contribution in [0.25, 0.3) is 0 Å². The maximum atomic E-state index is 12.4. The van der Waals surface area contributed by atoms with E-state index < -0.39 is 9.84 Å². The van der Waals surface area contributed by atoms with E-state index in [-0.39, 0.29) is 5.75 Å². The van der Waals surface area contributed by atoms with Crippen LogP contribution in [0.1, 0.15) is 22.2 Å². The minimum atomic E-state index is -3.33. The Hall–Kier alpha value is -1.33. The van der Waals surface area contributed by atoms with Gasteiger partial charge in [0.2, 0.25) is 0 Å². The van der Waals surface area contributed by atoms with E-state index in [1.54, 1.807) is 36.5 Å². The summed E-state index contributed by atoms with van der Waals surface area (Å²) in [4.78, 5) is 2.41. The van der Waals surface area contributed by atoms with E-state index in [1.165, 1.54) is 4.88 Å². The van der Waals surface area contributed by atoms with Gasteiger partial charge in [0.1, 0.15) is 0 Å². The molecule has 19 heavy (non-hydrogen) atoms. The van der Waals surface area contributed by atoms with Crippen molar-refractivity contribution < 1.29 is 8.42 Å². The number of hydrogen-bond acceptors (Lipinski definition) is 4. The predicted octanol–water partition coefficient (Wildman–Crippen LogP) is 3.18. The Balaban J connectivity index is 2.35. The van der Waals surface area contributed by atoms with E-state index in [0.29, 0.717) is 16.1 Å². The Morgan fingerprint density at radius 2 is 1.84 bits per heavy atom. The van der Waals surface area contributed by atoms with Crippen LogP contribution in [0.4, 0.5) is 5.69 Å². The predicted molar refractivity (Wildman–Crippen MR) is 80.2 cm³/mol. The van der Waals surface area contributed by atoms with Crippen LogP contribution in [-0.4, -0.2) is 8.42 Å². The van der Waals surface area contributed by atoms with Gasteiger partial charge in [0.15, 0.2) is 9.84 Å². The van der Waals surface area contributed by atoms with Gasteiger partial charge in [-0.3, -0.25) is 0 Å². The molecule has 2 N–H and O–H groups in total. The van der Waals surface area contributed by atoms with Crippen molar-refractivity contribution in [2.24, 2.45) is 0 Å². The smallest absolute Gasteiger partial charge is 0.183 e. The maximum Gasteiger partial charge on any atom is 0.183 e. The molecule has 0 aliphatic carbocycles. The first-order valence-corrected chi connectivity index (χ1v) is 8.56. The number of nitrogen functional groups attached to an aromatic ring is 1. The van der Waals surface area contributed by atoms with Crippen LogP contribution in [0.15, 0.2) is 35.2 Å². The van der Waals surface area contributed by atoms with Crippen molar-refractivity contribution in [3.8, 4) is 0 Å². The molecule has 0 saturated heterocycles. The van der Waals surface area contributed by atoms with Gasteiger partial charge in [-0.1, -0.05) is 13.0 Å². The van der Waals surface area contributed by atoms with Crippen molar-refractivity contribution in [2.75, 3.05) is 5.73 Å². The fraction of sp³-hybridized carbons (Fsp3) is 0.286. The van der Waals surface area contributed by atoms with Crippen molar-refractivity contribution in [3.63, 3.8) is 0 Å². The molecule has 0 aliphatic rings. The van der Waals surface area contributed by atoms with Crippen molar-refractivity contribution in [1.29, 1.82) is 0 Å². The van der Waals surface area contributed by atoms with Crippen molar-refractivity contribution in [1.82, 2.24) is 0 Å². The minimum Gasteiger partial charge on any atom is -0.398 e. The monoisotopic (exact) mass is 295 g/mol. The molecular weight excluding hydrogens is 278 g/mol. The van der Waals surface area contributed by atoms with Crippen LogP contribution in [0, 0.1) is 6.92 Å². The molecule has 102 valence electrons. The van der Waals surface area contributed by atoms with Gasteiger partial charge in [-0.2, -0.15) is 0 Å². The highest BCUT2D eigenvalue weighted by Gasteiger charge is 2.19. The second kappa shape index (κ2) is 5.35. The highest BCUT2D eigenvalue weighted by Crippen LogP contribution is 2.26. The molecule has 5 heteroatoms. The average Bonchev–Trinajstić information content (AvgIpc) is 2.79. The molecule has 0 bridgehead atoms. The van der Waals surface area contributed by atoms with Crippen molar-refractivity contribution in [2.45, 2.75) is 30.9 Å². The Labute approximate surface area is 118 Å². The number of nitrogens with two attached hydrogens (primary N) is 1. The Morgan fingerprint density at radius 3 is 2.47 bits per heavy atom. The fourth-order valence-corrected chi connectivity index (χ4v) is 4.87. The number of benzene rings is 1. The third kappa shape index (κ3) is 2.98. The van der Waals surface area contributed by atoms with E-state index in [2.05, 4.69) is 6.92 Å². The normalized spacial score (nSPS) is 11.7. The van der Waals surface area contributed by atoms with Gasteiger partial charge in [-0.25, -0.2) is 8.42 Å². The first-order chi connectivity index (χ1) is 8.94. The molecule has 1 heterocycles. The summed E-state index contributed by atoms with van der Waals surface area (Å²) in [6, 6.07) is 8.90. The zero-order chi connectivity index (χ0) is 14.0. The van der Waals surface area contributed by atoms with Gasteiger partial charge < -0.3 is 5.73 Å². The molecule has 0 radical (unpaired) electrons. The summed E-state index contributed by atoms with van der Waals surface area (Å²) in [5.41, 5.74) is 6.92. The highest BCUT2D eigenvalue weighted by atomic mass is 32.2. The molecule has 0 fully saturated rings. The van der Waals surface area contributed by atoms with Crippen LogP contribution < -0.4 is 5.73 Å². The number of anilines is 1. The number of sulfone groups is 1. The lowest BCUT2D eigenvalue weighted by atomic mass is 10.2. The molecular formula is C14H17NO2S2. The minimum absolute atomic E-state index is 0.0436. The van der Waals surface area contributed by atoms with Crippen molar-refractivity contribution in [3.05, 3.63) is 45.6 Å². The zero-order valence-corrected chi connectivity index (χ0v) is 12.6. The SMILES string of the molecule is CCc1ccc(CS(=O)(=O)c2cccc(N)c2C)s1. The Bertz CT molecular complexity index is 687. The molecule has 3 nitrogen and oxygen atoms in total. The summed E-state index contributed by atoms with van der Waals surface area (Å²) in [7, 11) is -3.33. The first-order valence-electron chi connectivity index (χ1n) is 6.09.